The molecule has 0 aliphatic heterocycles. The van der Waals surface area contributed by atoms with Gasteiger partial charge >= 0.3 is 5.97 Å². The zero-order chi connectivity index (χ0) is 32.6. The first-order chi connectivity index (χ1) is 22.3. The van der Waals surface area contributed by atoms with E-state index in [0.717, 1.165) is 16.7 Å². The van der Waals surface area contributed by atoms with E-state index in [1.807, 2.05) is 36.4 Å². The van der Waals surface area contributed by atoms with E-state index in [9.17, 15) is 14.4 Å². The predicted molar refractivity (Wildman–Crippen MR) is 169 cm³/mol. The number of allylic oxidation sites excluding steroid dienone is 1. The van der Waals surface area contributed by atoms with E-state index in [1.165, 1.54) is 0 Å². The summed E-state index contributed by atoms with van der Waals surface area (Å²) in [5, 5.41) is 0.615. The number of amides is 2. The van der Waals surface area contributed by atoms with Crippen molar-refractivity contribution in [1.29, 1.82) is 0 Å². The van der Waals surface area contributed by atoms with Crippen molar-refractivity contribution in [3.8, 4) is 28.7 Å². The molecular formula is C34H33N3O9. The maximum absolute atomic E-state index is 13.5. The van der Waals surface area contributed by atoms with Crippen molar-refractivity contribution in [2.24, 2.45) is 0 Å². The van der Waals surface area contributed by atoms with Crippen LogP contribution in [0.4, 0.5) is 0 Å². The molecule has 2 N–H and O–H groups in total. The van der Waals surface area contributed by atoms with E-state index in [1.54, 1.807) is 58.8 Å². The molecular weight excluding hydrogens is 594 g/mol. The number of hydrogen-bond acceptors (Lipinski definition) is 10. The number of rotatable bonds is 11. The second kappa shape index (κ2) is 14.3. The first-order valence-electron chi connectivity index (χ1n) is 14.3. The highest BCUT2D eigenvalue weighted by molar-refractivity contribution is 6.07. The lowest BCUT2D eigenvalue weighted by Crippen LogP contribution is -2.45. The Bertz CT molecular complexity index is 1780. The Labute approximate surface area is 265 Å². The fourth-order valence-electron chi connectivity index (χ4n) is 5.13. The SMILES string of the molecule is COc1ccc(OCC(=O)NNC(=O)COC(=O)c2c3c(nc4ccccc24)/C(=C/c2cc(OC)c(OC)c(OC)c2)CC3)cc1. The number of nitrogens with zero attached hydrogens (tertiary/aromatic N) is 1. The second-order valence-corrected chi connectivity index (χ2v) is 10.1. The average Bonchev–Trinajstić information content (AvgIpc) is 3.48. The molecule has 3 aromatic carbocycles. The topological polar surface area (TPSA) is 144 Å². The minimum absolute atomic E-state index is 0.340. The highest BCUT2D eigenvalue weighted by Gasteiger charge is 2.28. The Kier molecular flexibility index (Phi) is 9.86. The molecule has 4 aromatic rings. The van der Waals surface area contributed by atoms with Crippen LogP contribution in [0.2, 0.25) is 0 Å². The quantitative estimate of drug-likeness (QED) is 0.184. The predicted octanol–water partition coefficient (Wildman–Crippen LogP) is 4.14. The summed E-state index contributed by atoms with van der Waals surface area (Å²) in [7, 11) is 6.19. The molecule has 2 amide bonds. The standard InChI is InChI=1S/C34H33N3O9/c1-41-22-10-12-23(13-11-22)45-18-29(38)36-37-30(39)19-46-34(40)31-24-7-5-6-8-26(24)35-32-21(9-14-25(31)32)15-20-16-27(42-2)33(44-4)28(17-20)43-3/h5-8,10-13,15-17H,9,14,18-19H2,1-4H3,(H,36,38)(H,37,39)/b21-15+. The zero-order valence-electron chi connectivity index (χ0n) is 25.8. The molecule has 1 aliphatic carbocycles. The number of fused-ring (bicyclic) bond motifs is 2. The van der Waals surface area contributed by atoms with E-state index < -0.39 is 24.4 Å². The molecule has 1 aliphatic rings. The number of carbonyl (C=O) groups is 3. The summed E-state index contributed by atoms with van der Waals surface area (Å²) >= 11 is 0. The minimum atomic E-state index is -0.718. The number of nitrogens with one attached hydrogen (secondary N) is 2. The number of benzene rings is 3. The van der Waals surface area contributed by atoms with Crippen molar-refractivity contribution in [1.82, 2.24) is 15.8 Å². The number of hydrazine groups is 1. The van der Waals surface area contributed by atoms with E-state index in [-0.39, 0.29) is 6.61 Å². The van der Waals surface area contributed by atoms with Crippen LogP contribution in [0.15, 0.2) is 60.7 Å². The number of ether oxygens (including phenoxy) is 6. The Hall–Kier alpha value is -5.78. The van der Waals surface area contributed by atoms with Gasteiger partial charge < -0.3 is 28.4 Å². The fraction of sp³-hybridized carbons (Fsp3) is 0.235. The van der Waals surface area contributed by atoms with Gasteiger partial charge in [0, 0.05) is 5.39 Å². The first-order valence-corrected chi connectivity index (χ1v) is 14.3. The van der Waals surface area contributed by atoms with Crippen molar-refractivity contribution in [2.75, 3.05) is 41.7 Å². The Morgan fingerprint density at radius 3 is 2.09 bits per heavy atom. The molecule has 5 rings (SSSR count). The van der Waals surface area contributed by atoms with Gasteiger partial charge in [0.05, 0.1) is 45.2 Å². The van der Waals surface area contributed by atoms with Crippen molar-refractivity contribution in [3.05, 3.63) is 83.0 Å². The van der Waals surface area contributed by atoms with Crippen LogP contribution in [-0.4, -0.2) is 64.4 Å². The van der Waals surface area contributed by atoms with Crippen LogP contribution in [-0.2, 0) is 20.7 Å². The van der Waals surface area contributed by atoms with Gasteiger partial charge in [0.1, 0.15) is 11.5 Å². The smallest absolute Gasteiger partial charge is 0.339 e. The third-order valence-electron chi connectivity index (χ3n) is 7.28. The lowest BCUT2D eigenvalue weighted by Gasteiger charge is -2.14. The number of pyridine rings is 1. The molecule has 0 saturated carbocycles. The minimum Gasteiger partial charge on any atom is -0.497 e. The third kappa shape index (κ3) is 6.96. The van der Waals surface area contributed by atoms with Crippen molar-refractivity contribution in [3.63, 3.8) is 0 Å². The molecule has 1 heterocycles. The maximum atomic E-state index is 13.5. The lowest BCUT2D eigenvalue weighted by atomic mass is 10.0. The summed E-state index contributed by atoms with van der Waals surface area (Å²) in [5.41, 5.74) is 8.55. The zero-order valence-corrected chi connectivity index (χ0v) is 25.8. The number of carbonyl (C=O) groups excluding carboxylic acids is 3. The molecule has 0 saturated heterocycles. The second-order valence-electron chi connectivity index (χ2n) is 10.1. The van der Waals surface area contributed by atoms with Gasteiger partial charge in [0.25, 0.3) is 11.8 Å². The van der Waals surface area contributed by atoms with Crippen LogP contribution in [0.1, 0.15) is 33.6 Å². The summed E-state index contributed by atoms with van der Waals surface area (Å²) in [6.45, 7) is -0.953. The van der Waals surface area contributed by atoms with Crippen LogP contribution in [0.5, 0.6) is 28.7 Å². The van der Waals surface area contributed by atoms with E-state index in [2.05, 4.69) is 10.9 Å². The monoisotopic (exact) mass is 627 g/mol. The van der Waals surface area contributed by atoms with Gasteiger partial charge in [-0.2, -0.15) is 0 Å². The summed E-state index contributed by atoms with van der Waals surface area (Å²) < 4.78 is 32.3. The van der Waals surface area contributed by atoms with Crippen molar-refractivity contribution >= 4 is 40.3 Å². The molecule has 1 aromatic heterocycles. The van der Waals surface area contributed by atoms with E-state index in [4.69, 9.17) is 33.4 Å². The molecule has 12 heteroatoms. The molecule has 0 fully saturated rings. The van der Waals surface area contributed by atoms with Crippen LogP contribution in [0, 0.1) is 0 Å². The van der Waals surface area contributed by atoms with Crippen LogP contribution < -0.4 is 34.5 Å². The largest absolute Gasteiger partial charge is 0.497 e. The molecule has 0 radical (unpaired) electrons. The Balaban J connectivity index is 1.28. The highest BCUT2D eigenvalue weighted by atomic mass is 16.5. The molecule has 0 atom stereocenters. The Morgan fingerprint density at radius 1 is 0.783 bits per heavy atom. The third-order valence-corrected chi connectivity index (χ3v) is 7.28. The van der Waals surface area contributed by atoms with E-state index >= 15 is 0 Å². The number of para-hydroxylation sites is 1. The van der Waals surface area contributed by atoms with E-state index in [0.29, 0.717) is 63.7 Å². The summed E-state index contributed by atoms with van der Waals surface area (Å²) in [4.78, 5) is 42.9. The maximum Gasteiger partial charge on any atom is 0.339 e. The van der Waals surface area contributed by atoms with Gasteiger partial charge in [-0.3, -0.25) is 20.4 Å². The Morgan fingerprint density at radius 2 is 1.43 bits per heavy atom. The van der Waals surface area contributed by atoms with Crippen molar-refractivity contribution < 1.29 is 42.8 Å². The number of methoxy groups -OCH3 is 4. The molecule has 12 nitrogen and oxygen atoms in total. The molecule has 46 heavy (non-hydrogen) atoms. The molecule has 238 valence electrons. The van der Waals surface area contributed by atoms with Crippen molar-refractivity contribution in [2.45, 2.75) is 12.8 Å². The van der Waals surface area contributed by atoms with Crippen LogP contribution in [0.3, 0.4) is 0 Å². The number of esters is 1. The summed E-state index contributed by atoms with van der Waals surface area (Å²) in [6.07, 6.45) is 3.15. The van der Waals surface area contributed by atoms with Crippen LogP contribution >= 0.6 is 0 Å². The van der Waals surface area contributed by atoms with Gasteiger partial charge in [0.15, 0.2) is 24.7 Å². The highest BCUT2D eigenvalue weighted by Crippen LogP contribution is 2.41. The summed E-state index contributed by atoms with van der Waals surface area (Å²) in [6, 6.07) is 17.6. The summed E-state index contributed by atoms with van der Waals surface area (Å²) in [5.74, 6) is 0.630. The van der Waals surface area contributed by atoms with Gasteiger partial charge in [0.2, 0.25) is 5.75 Å². The van der Waals surface area contributed by atoms with Crippen LogP contribution in [0.25, 0.3) is 22.6 Å². The average molecular weight is 628 g/mol. The molecule has 0 spiro atoms. The van der Waals surface area contributed by atoms with Gasteiger partial charge in [-0.1, -0.05) is 18.2 Å². The lowest BCUT2D eigenvalue weighted by molar-refractivity contribution is -0.131. The normalized spacial score (nSPS) is 12.7. The number of hydrogen-bond donors (Lipinski definition) is 2. The van der Waals surface area contributed by atoms with Gasteiger partial charge in [-0.15, -0.1) is 0 Å². The fourth-order valence-corrected chi connectivity index (χ4v) is 5.13. The number of aromatic nitrogens is 1. The molecule has 0 bridgehead atoms. The molecule has 0 unspecified atom stereocenters. The van der Waals surface area contributed by atoms with Gasteiger partial charge in [-0.05, 0) is 78.1 Å². The van der Waals surface area contributed by atoms with Gasteiger partial charge in [-0.25, -0.2) is 9.78 Å². The first kappa shape index (κ1) is 31.6.